The first kappa shape index (κ1) is 14.9. The van der Waals surface area contributed by atoms with Crippen LogP contribution in [0.5, 0.6) is 11.5 Å². The van der Waals surface area contributed by atoms with Gasteiger partial charge in [0.2, 0.25) is 0 Å². The maximum Gasteiger partial charge on any atom is 0.390 e. The van der Waals surface area contributed by atoms with E-state index in [1.165, 1.54) is 6.07 Å². The van der Waals surface area contributed by atoms with Gasteiger partial charge in [0.25, 0.3) is 0 Å². The molecule has 0 amide bonds. The molecule has 92 valence electrons. The third kappa shape index (κ3) is 4.16. The Kier molecular flexibility index (Phi) is 4.89. The minimum Gasteiger partial charge on any atom is -0.508 e. The van der Waals surface area contributed by atoms with Crippen LogP contribution in [0, 0.1) is 0 Å². The molecule has 0 radical (unpaired) electrons. The summed E-state index contributed by atoms with van der Waals surface area (Å²) in [6.45, 7) is 0. The lowest BCUT2D eigenvalue weighted by Gasteiger charge is -2.15. The van der Waals surface area contributed by atoms with Crippen molar-refractivity contribution in [2.75, 3.05) is 0 Å². The summed E-state index contributed by atoms with van der Waals surface area (Å²) in [5.41, 5.74) is 5.14. The Morgan fingerprint density at radius 3 is 2.31 bits per heavy atom. The smallest absolute Gasteiger partial charge is 0.390 e. The van der Waals surface area contributed by atoms with E-state index in [1.807, 2.05) is 0 Å². The van der Waals surface area contributed by atoms with Crippen LogP contribution in [0.4, 0.5) is 13.2 Å². The van der Waals surface area contributed by atoms with Crippen LogP contribution in [0.25, 0.3) is 0 Å². The van der Waals surface area contributed by atoms with Crippen molar-refractivity contribution >= 4 is 12.4 Å². The van der Waals surface area contributed by atoms with Gasteiger partial charge in [0, 0.05) is 11.6 Å². The highest BCUT2D eigenvalue weighted by Crippen LogP contribution is 2.33. The van der Waals surface area contributed by atoms with Crippen LogP contribution in [0.15, 0.2) is 18.2 Å². The molecule has 0 aromatic heterocycles. The third-order valence-corrected chi connectivity index (χ3v) is 1.86. The van der Waals surface area contributed by atoms with Gasteiger partial charge >= 0.3 is 6.18 Å². The molecule has 0 spiro atoms. The van der Waals surface area contributed by atoms with E-state index in [0.29, 0.717) is 0 Å². The molecule has 1 rings (SSSR count). The predicted molar refractivity (Wildman–Crippen MR) is 54.6 cm³/mol. The van der Waals surface area contributed by atoms with Gasteiger partial charge < -0.3 is 15.9 Å². The molecule has 0 fully saturated rings. The van der Waals surface area contributed by atoms with E-state index in [0.717, 1.165) is 12.1 Å². The lowest BCUT2D eigenvalue weighted by molar-refractivity contribution is -0.138. The number of hydrogen-bond donors (Lipinski definition) is 3. The first-order valence-electron chi connectivity index (χ1n) is 4.14. The Hall–Kier alpha value is -1.14. The summed E-state index contributed by atoms with van der Waals surface area (Å²) in [7, 11) is 0. The first-order chi connectivity index (χ1) is 6.79. The summed E-state index contributed by atoms with van der Waals surface area (Å²) in [6, 6.07) is 1.91. The first-order valence-corrected chi connectivity index (χ1v) is 4.14. The third-order valence-electron chi connectivity index (χ3n) is 1.86. The summed E-state index contributed by atoms with van der Waals surface area (Å²) in [6.07, 6.45) is -5.65. The van der Waals surface area contributed by atoms with Crippen molar-refractivity contribution < 1.29 is 23.4 Å². The summed E-state index contributed by atoms with van der Waals surface area (Å²) < 4.78 is 36.0. The van der Waals surface area contributed by atoms with Gasteiger partial charge in [0.15, 0.2) is 0 Å². The van der Waals surface area contributed by atoms with Gasteiger partial charge in [-0.1, -0.05) is 0 Å². The number of alkyl halides is 3. The molecule has 16 heavy (non-hydrogen) atoms. The summed E-state index contributed by atoms with van der Waals surface area (Å²) in [5, 5.41) is 18.3. The number of rotatable bonds is 2. The van der Waals surface area contributed by atoms with E-state index in [-0.39, 0.29) is 29.5 Å². The highest BCUT2D eigenvalue weighted by Gasteiger charge is 2.31. The molecule has 4 N–H and O–H groups in total. The molecule has 3 nitrogen and oxygen atoms in total. The molecular weight excluding hydrogens is 247 g/mol. The van der Waals surface area contributed by atoms with Gasteiger partial charge in [-0.2, -0.15) is 13.2 Å². The van der Waals surface area contributed by atoms with Crippen LogP contribution in [0.3, 0.4) is 0 Å². The molecular formula is C9H11ClF3NO2. The number of benzene rings is 1. The van der Waals surface area contributed by atoms with Crippen molar-refractivity contribution in [2.24, 2.45) is 5.73 Å². The molecule has 1 aromatic carbocycles. The highest BCUT2D eigenvalue weighted by atomic mass is 35.5. The van der Waals surface area contributed by atoms with Gasteiger partial charge in [-0.05, 0) is 18.2 Å². The van der Waals surface area contributed by atoms with Crippen LogP contribution < -0.4 is 5.73 Å². The van der Waals surface area contributed by atoms with Gasteiger partial charge in [-0.25, -0.2) is 0 Å². The average molecular weight is 258 g/mol. The number of halogens is 4. The largest absolute Gasteiger partial charge is 0.508 e. The monoisotopic (exact) mass is 257 g/mol. The van der Waals surface area contributed by atoms with E-state index in [9.17, 15) is 18.3 Å². The average Bonchev–Trinajstić information content (AvgIpc) is 2.06. The molecule has 1 atom stereocenters. The zero-order valence-corrected chi connectivity index (χ0v) is 8.85. The number of phenols is 2. The molecule has 7 heteroatoms. The lowest BCUT2D eigenvalue weighted by Crippen LogP contribution is -2.20. The molecule has 0 saturated carbocycles. The second kappa shape index (κ2) is 5.27. The second-order valence-electron chi connectivity index (χ2n) is 3.17. The van der Waals surface area contributed by atoms with Crippen LogP contribution in [-0.4, -0.2) is 16.4 Å². The predicted octanol–water partition coefficient (Wildman–Crippen LogP) is 2.47. The zero-order chi connectivity index (χ0) is 11.6. The fourth-order valence-corrected chi connectivity index (χ4v) is 1.20. The Morgan fingerprint density at radius 2 is 1.81 bits per heavy atom. The Morgan fingerprint density at radius 1 is 1.25 bits per heavy atom. The van der Waals surface area contributed by atoms with Gasteiger partial charge in [-0.3, -0.25) is 0 Å². The van der Waals surface area contributed by atoms with Gasteiger partial charge in [0.1, 0.15) is 11.5 Å². The maximum absolute atomic E-state index is 12.0. The zero-order valence-electron chi connectivity index (χ0n) is 8.03. The number of aromatic hydroxyl groups is 2. The molecule has 0 unspecified atom stereocenters. The Labute approximate surface area is 96.1 Å². The summed E-state index contributed by atoms with van der Waals surface area (Å²) in [4.78, 5) is 0. The fraction of sp³-hybridized carbons (Fsp3) is 0.333. The quantitative estimate of drug-likeness (QED) is 0.713. The summed E-state index contributed by atoms with van der Waals surface area (Å²) >= 11 is 0. The van der Waals surface area contributed by atoms with Crippen molar-refractivity contribution in [1.29, 1.82) is 0 Å². The van der Waals surface area contributed by atoms with E-state index in [1.54, 1.807) is 0 Å². The van der Waals surface area contributed by atoms with Crippen LogP contribution >= 0.6 is 12.4 Å². The van der Waals surface area contributed by atoms with Crippen LogP contribution in [0.2, 0.25) is 0 Å². The molecule has 0 aliphatic carbocycles. The van der Waals surface area contributed by atoms with Crippen molar-refractivity contribution in [1.82, 2.24) is 0 Å². The van der Waals surface area contributed by atoms with Crippen LogP contribution in [0.1, 0.15) is 18.0 Å². The van der Waals surface area contributed by atoms with Crippen molar-refractivity contribution in [2.45, 2.75) is 18.6 Å². The van der Waals surface area contributed by atoms with E-state index >= 15 is 0 Å². The van der Waals surface area contributed by atoms with Crippen LogP contribution in [-0.2, 0) is 0 Å². The second-order valence-corrected chi connectivity index (χ2v) is 3.17. The van der Waals surface area contributed by atoms with Gasteiger partial charge in [-0.15, -0.1) is 12.4 Å². The number of hydrogen-bond acceptors (Lipinski definition) is 3. The molecule has 0 bridgehead atoms. The fourth-order valence-electron chi connectivity index (χ4n) is 1.20. The molecule has 1 aromatic rings. The summed E-state index contributed by atoms with van der Waals surface area (Å²) in [5.74, 6) is -0.593. The number of nitrogens with two attached hydrogens (primary N) is 1. The maximum atomic E-state index is 12.0. The highest BCUT2D eigenvalue weighted by molar-refractivity contribution is 5.85. The molecule has 0 saturated heterocycles. The Balaban J connectivity index is 0.00000225. The number of phenolic OH excluding ortho intramolecular Hbond substituents is 2. The lowest BCUT2D eigenvalue weighted by atomic mass is 10.0. The van der Waals surface area contributed by atoms with E-state index in [4.69, 9.17) is 10.8 Å². The van der Waals surface area contributed by atoms with Crippen molar-refractivity contribution in [3.05, 3.63) is 23.8 Å². The molecule has 0 aliphatic heterocycles. The molecule has 0 aliphatic rings. The van der Waals surface area contributed by atoms with Crippen molar-refractivity contribution in [3.63, 3.8) is 0 Å². The van der Waals surface area contributed by atoms with E-state index in [2.05, 4.69) is 0 Å². The van der Waals surface area contributed by atoms with Gasteiger partial charge in [0.05, 0.1) is 6.42 Å². The standard InChI is InChI=1S/C9H10F3NO2.ClH/c10-9(11,12)4-7(13)6-3-5(14)1-2-8(6)15;/h1-3,7,14-15H,4,13H2;1H/t7-;/m1./s1. The normalized spacial score (nSPS) is 13.0. The SMILES string of the molecule is Cl.N[C@H](CC(F)(F)F)c1cc(O)ccc1O. The van der Waals surface area contributed by atoms with E-state index < -0.39 is 18.6 Å². The Bertz CT molecular complexity index is 357. The topological polar surface area (TPSA) is 66.5 Å². The molecule has 0 heterocycles. The minimum atomic E-state index is -4.41. The minimum absolute atomic E-state index is 0. The van der Waals surface area contributed by atoms with Crippen molar-refractivity contribution in [3.8, 4) is 11.5 Å².